The Bertz CT molecular complexity index is 894. The molecule has 0 aromatic carbocycles. The molecule has 8 heteroatoms. The topological polar surface area (TPSA) is 76.9 Å². The summed E-state index contributed by atoms with van der Waals surface area (Å²) in [6.45, 7) is 1.88. The predicted molar refractivity (Wildman–Crippen MR) is 108 cm³/mol. The fourth-order valence-corrected chi connectivity index (χ4v) is 4.42. The molecule has 27 heavy (non-hydrogen) atoms. The molecule has 2 aliphatic heterocycles. The highest BCUT2D eigenvalue weighted by molar-refractivity contribution is 8.00. The van der Waals surface area contributed by atoms with Crippen molar-refractivity contribution in [2.24, 2.45) is 0 Å². The highest BCUT2D eigenvalue weighted by Crippen LogP contribution is 2.46. The fraction of sp³-hybridized carbons (Fsp3) is 0.316. The van der Waals surface area contributed by atoms with E-state index < -0.39 is 5.95 Å². The molecule has 140 valence electrons. The largest absolute Gasteiger partial charge is 0.393 e. The van der Waals surface area contributed by atoms with Crippen LogP contribution in [0.15, 0.2) is 35.4 Å². The highest BCUT2D eigenvalue weighted by atomic mass is 32.2. The Balaban J connectivity index is 1.56. The van der Waals surface area contributed by atoms with Gasteiger partial charge >= 0.3 is 0 Å². The number of rotatable bonds is 5. The highest BCUT2D eigenvalue weighted by Gasteiger charge is 2.28. The van der Waals surface area contributed by atoms with E-state index in [1.54, 1.807) is 13.2 Å². The maximum atomic E-state index is 14.7. The molecule has 0 radical (unpaired) electrons. The number of nitrogens with zero attached hydrogens (tertiary/aromatic N) is 3. The molecule has 0 spiro atoms. The van der Waals surface area contributed by atoms with Gasteiger partial charge in [-0.2, -0.15) is 4.39 Å². The second-order valence-electron chi connectivity index (χ2n) is 6.46. The van der Waals surface area contributed by atoms with Crippen LogP contribution in [0.5, 0.6) is 0 Å². The summed E-state index contributed by atoms with van der Waals surface area (Å²) in [5, 5.41) is 13.5. The zero-order chi connectivity index (χ0) is 18.8. The van der Waals surface area contributed by atoms with Gasteiger partial charge in [0.15, 0.2) is 0 Å². The normalized spacial score (nSPS) is 19.0. The smallest absolute Gasteiger partial charge is 0.220 e. The molecule has 2 aliphatic rings. The summed E-state index contributed by atoms with van der Waals surface area (Å²) >= 11 is 1.52. The maximum Gasteiger partial charge on any atom is 0.220 e. The van der Waals surface area contributed by atoms with Crippen molar-refractivity contribution in [3.8, 4) is 0 Å². The van der Waals surface area contributed by atoms with E-state index in [-0.39, 0.29) is 5.37 Å². The number of anilines is 2. The molecule has 0 bridgehead atoms. The van der Waals surface area contributed by atoms with Gasteiger partial charge in [0, 0.05) is 43.7 Å². The lowest BCUT2D eigenvalue weighted by Gasteiger charge is -2.18. The van der Waals surface area contributed by atoms with Gasteiger partial charge in [0.1, 0.15) is 17.0 Å². The Labute approximate surface area is 161 Å². The number of nitrogens with one attached hydrogen (secondary N) is 3. The molecule has 1 fully saturated rings. The molecule has 1 atom stereocenters. The van der Waals surface area contributed by atoms with Gasteiger partial charge in [0.25, 0.3) is 0 Å². The Morgan fingerprint density at radius 3 is 2.81 bits per heavy atom. The summed E-state index contributed by atoms with van der Waals surface area (Å²) in [7, 11) is 1.78. The van der Waals surface area contributed by atoms with Crippen LogP contribution in [0, 0.1) is 11.4 Å². The Hall–Kier alpha value is -2.61. The minimum Gasteiger partial charge on any atom is -0.393 e. The molecule has 0 amide bonds. The summed E-state index contributed by atoms with van der Waals surface area (Å²) in [5.74, 6) is 0.976. The minimum absolute atomic E-state index is 0.264. The van der Waals surface area contributed by atoms with E-state index in [1.165, 1.54) is 18.0 Å². The van der Waals surface area contributed by atoms with Crippen LogP contribution in [0.2, 0.25) is 0 Å². The van der Waals surface area contributed by atoms with E-state index >= 15 is 0 Å². The Morgan fingerprint density at radius 2 is 2.11 bits per heavy atom. The first kappa shape index (κ1) is 17.8. The number of hydrogen-bond acceptors (Lipinski definition) is 7. The van der Waals surface area contributed by atoms with E-state index in [0.717, 1.165) is 30.8 Å². The number of halogens is 1. The molecule has 2 aromatic heterocycles. The molecule has 3 N–H and O–H groups in total. The summed E-state index contributed by atoms with van der Waals surface area (Å²) in [6, 6.07) is 7.54. The van der Waals surface area contributed by atoms with E-state index in [1.807, 2.05) is 24.3 Å². The van der Waals surface area contributed by atoms with Gasteiger partial charge in [-0.3, -0.25) is 0 Å². The molecular weight excluding hydrogens is 363 g/mol. The molecule has 6 nitrogen and oxygen atoms in total. The van der Waals surface area contributed by atoms with E-state index in [9.17, 15) is 4.39 Å². The van der Waals surface area contributed by atoms with Crippen LogP contribution in [-0.4, -0.2) is 36.3 Å². The van der Waals surface area contributed by atoms with Crippen LogP contribution < -0.4 is 15.5 Å². The lowest BCUT2D eigenvalue weighted by atomic mass is 10.2. The van der Waals surface area contributed by atoms with Crippen LogP contribution in [0.1, 0.15) is 29.5 Å². The number of thioether (sulfide) groups is 1. The van der Waals surface area contributed by atoms with Crippen LogP contribution >= 0.6 is 11.8 Å². The van der Waals surface area contributed by atoms with Gasteiger partial charge in [-0.15, -0.1) is 0 Å². The number of pyridine rings is 2. The van der Waals surface area contributed by atoms with Crippen molar-refractivity contribution in [2.45, 2.75) is 23.1 Å². The van der Waals surface area contributed by atoms with E-state index in [0.29, 0.717) is 28.5 Å². The third-order valence-corrected chi connectivity index (χ3v) is 5.89. The van der Waals surface area contributed by atoms with Gasteiger partial charge in [0.2, 0.25) is 5.95 Å². The van der Waals surface area contributed by atoms with Gasteiger partial charge < -0.3 is 20.9 Å². The zero-order valence-electron chi connectivity index (χ0n) is 15.0. The summed E-state index contributed by atoms with van der Waals surface area (Å²) in [6.07, 6.45) is 5.25. The van der Waals surface area contributed by atoms with Crippen LogP contribution in [0.4, 0.5) is 16.0 Å². The van der Waals surface area contributed by atoms with Gasteiger partial charge in [-0.1, -0.05) is 11.8 Å². The minimum atomic E-state index is -0.437. The van der Waals surface area contributed by atoms with Crippen molar-refractivity contribution >= 4 is 35.2 Å². The summed E-state index contributed by atoms with van der Waals surface area (Å²) in [5.41, 5.74) is 1.90. The molecule has 1 unspecified atom stereocenters. The quantitative estimate of drug-likeness (QED) is 0.540. The number of aromatic nitrogens is 2. The van der Waals surface area contributed by atoms with Gasteiger partial charge in [-0.25, -0.2) is 9.97 Å². The maximum absolute atomic E-state index is 14.7. The average molecular weight is 384 g/mol. The van der Waals surface area contributed by atoms with Crippen molar-refractivity contribution in [3.05, 3.63) is 47.7 Å². The first-order chi connectivity index (χ1) is 13.2. The number of fused-ring (bicyclic) bond motifs is 1. The van der Waals surface area contributed by atoms with Gasteiger partial charge in [-0.05, 0) is 37.1 Å². The fourth-order valence-electron chi connectivity index (χ4n) is 3.33. The molecule has 4 rings (SSSR count). The average Bonchev–Trinajstić information content (AvgIpc) is 3.35. The summed E-state index contributed by atoms with van der Waals surface area (Å²) < 4.78 is 14.7. The van der Waals surface area contributed by atoms with Crippen molar-refractivity contribution in [1.29, 1.82) is 5.41 Å². The first-order valence-electron chi connectivity index (χ1n) is 8.93. The molecule has 0 saturated carbocycles. The number of hydrogen-bond donors (Lipinski definition) is 3. The molecule has 0 aliphatic carbocycles. The SMILES string of the molecule is CN/C=C(\C=N)c1ccc2c(n1)NC(c1ccc(N3CCCC3)nc1F)S2. The third kappa shape index (κ3) is 3.49. The summed E-state index contributed by atoms with van der Waals surface area (Å²) in [4.78, 5) is 11.9. The van der Waals surface area contributed by atoms with Crippen LogP contribution in [0.25, 0.3) is 5.57 Å². The standard InChI is InChI=1S/C19H21FN6S/c1-22-11-12(10-21)14-5-6-15-18(23-14)25-19(27-15)13-4-7-16(24-17(13)20)26-8-2-3-9-26/h4-7,10-11,19,21-22H,2-3,8-9H2,1H3,(H,23,25)/b12-11+,21-10?. The van der Waals surface area contributed by atoms with Crippen molar-refractivity contribution in [3.63, 3.8) is 0 Å². The predicted octanol–water partition coefficient (Wildman–Crippen LogP) is 3.64. The Morgan fingerprint density at radius 1 is 1.30 bits per heavy atom. The molecular formula is C19H21FN6S. The molecule has 1 saturated heterocycles. The van der Waals surface area contributed by atoms with E-state index in [2.05, 4.69) is 25.5 Å². The third-order valence-electron chi connectivity index (χ3n) is 4.70. The first-order valence-corrected chi connectivity index (χ1v) is 9.81. The van der Waals surface area contributed by atoms with Crippen LogP contribution in [-0.2, 0) is 0 Å². The van der Waals surface area contributed by atoms with E-state index in [4.69, 9.17) is 5.41 Å². The van der Waals surface area contributed by atoms with Crippen molar-refractivity contribution < 1.29 is 4.39 Å². The number of allylic oxidation sites excluding steroid dienone is 1. The van der Waals surface area contributed by atoms with Crippen molar-refractivity contribution in [1.82, 2.24) is 15.3 Å². The molecule has 2 aromatic rings. The monoisotopic (exact) mass is 384 g/mol. The van der Waals surface area contributed by atoms with Crippen molar-refractivity contribution in [2.75, 3.05) is 30.4 Å². The molecule has 4 heterocycles. The Kier molecular flexibility index (Phi) is 4.98. The second kappa shape index (κ2) is 7.56. The van der Waals surface area contributed by atoms with Crippen LogP contribution in [0.3, 0.4) is 0 Å². The lowest BCUT2D eigenvalue weighted by molar-refractivity contribution is 0.567. The second-order valence-corrected chi connectivity index (χ2v) is 7.61. The zero-order valence-corrected chi connectivity index (χ0v) is 15.8. The lowest BCUT2D eigenvalue weighted by Crippen LogP contribution is -2.20. The van der Waals surface area contributed by atoms with Gasteiger partial charge in [0.05, 0.1) is 10.6 Å².